The summed E-state index contributed by atoms with van der Waals surface area (Å²) in [6.45, 7) is 0. The SMILES string of the molecule is c1ccc(-c2ccc(C(c3cc4ccccc4[nH]3)c3cc4ccccc4[nH]3)cc2)cc1. The Morgan fingerprint density at radius 1 is 0.452 bits per heavy atom. The van der Waals surface area contributed by atoms with Crippen molar-refractivity contribution < 1.29 is 0 Å². The maximum atomic E-state index is 3.66. The molecule has 0 aliphatic carbocycles. The fourth-order valence-corrected chi connectivity index (χ4v) is 4.53. The van der Waals surface area contributed by atoms with Crippen LogP contribution in [0.3, 0.4) is 0 Å². The van der Waals surface area contributed by atoms with Crippen molar-refractivity contribution in [2.75, 3.05) is 0 Å². The van der Waals surface area contributed by atoms with Gasteiger partial charge in [-0.2, -0.15) is 0 Å². The van der Waals surface area contributed by atoms with Crippen molar-refractivity contribution in [3.63, 3.8) is 0 Å². The van der Waals surface area contributed by atoms with E-state index in [0.29, 0.717) is 0 Å². The van der Waals surface area contributed by atoms with Crippen LogP contribution in [-0.2, 0) is 0 Å². The fourth-order valence-electron chi connectivity index (χ4n) is 4.53. The van der Waals surface area contributed by atoms with E-state index in [1.54, 1.807) is 0 Å². The molecular weight excluding hydrogens is 376 g/mol. The summed E-state index contributed by atoms with van der Waals surface area (Å²) in [5.74, 6) is 0.102. The van der Waals surface area contributed by atoms with Gasteiger partial charge < -0.3 is 9.97 Å². The number of aromatic nitrogens is 2. The highest BCUT2D eigenvalue weighted by atomic mass is 14.8. The second-order valence-corrected chi connectivity index (χ2v) is 8.04. The number of rotatable bonds is 4. The minimum Gasteiger partial charge on any atom is -0.358 e. The van der Waals surface area contributed by atoms with Gasteiger partial charge in [0.1, 0.15) is 0 Å². The van der Waals surface area contributed by atoms with Crippen LogP contribution in [0, 0.1) is 0 Å². The van der Waals surface area contributed by atoms with Crippen molar-refractivity contribution >= 4 is 21.8 Å². The Kier molecular flexibility index (Phi) is 4.21. The first-order valence-electron chi connectivity index (χ1n) is 10.7. The van der Waals surface area contributed by atoms with Crippen LogP contribution in [0.15, 0.2) is 115 Å². The number of benzene rings is 4. The van der Waals surface area contributed by atoms with Gasteiger partial charge in [-0.25, -0.2) is 0 Å². The molecule has 2 heteroatoms. The Labute approximate surface area is 181 Å². The van der Waals surface area contributed by atoms with Gasteiger partial charge in [0.25, 0.3) is 0 Å². The standard InChI is InChI=1S/C29H22N2/c1-2-8-20(9-3-1)21-14-16-22(17-15-21)29(27-18-23-10-4-6-12-25(23)30-27)28-19-24-11-5-7-13-26(24)31-28/h1-19,29-31H. The van der Waals surface area contributed by atoms with Crippen LogP contribution in [0.1, 0.15) is 22.9 Å². The number of hydrogen-bond donors (Lipinski definition) is 2. The highest BCUT2D eigenvalue weighted by Gasteiger charge is 2.21. The topological polar surface area (TPSA) is 31.6 Å². The van der Waals surface area contributed by atoms with Crippen molar-refractivity contribution in [1.82, 2.24) is 9.97 Å². The number of hydrogen-bond acceptors (Lipinski definition) is 0. The van der Waals surface area contributed by atoms with E-state index in [9.17, 15) is 0 Å². The third-order valence-electron chi connectivity index (χ3n) is 6.07. The molecule has 0 radical (unpaired) electrons. The molecule has 4 aromatic carbocycles. The van der Waals surface area contributed by atoms with E-state index in [4.69, 9.17) is 0 Å². The molecule has 6 aromatic rings. The van der Waals surface area contributed by atoms with Crippen LogP contribution in [-0.4, -0.2) is 9.97 Å². The normalized spacial score (nSPS) is 11.5. The lowest BCUT2D eigenvalue weighted by atomic mass is 9.91. The summed E-state index contributed by atoms with van der Waals surface area (Å²) in [4.78, 5) is 7.33. The molecule has 0 bridgehead atoms. The Balaban J connectivity index is 1.49. The molecule has 0 fully saturated rings. The zero-order chi connectivity index (χ0) is 20.6. The summed E-state index contributed by atoms with van der Waals surface area (Å²) < 4.78 is 0. The summed E-state index contributed by atoms with van der Waals surface area (Å²) in [5, 5.41) is 2.47. The molecule has 148 valence electrons. The molecule has 0 aliphatic rings. The van der Waals surface area contributed by atoms with Gasteiger partial charge in [0.15, 0.2) is 0 Å². The van der Waals surface area contributed by atoms with Crippen molar-refractivity contribution in [2.45, 2.75) is 5.92 Å². The number of fused-ring (bicyclic) bond motifs is 2. The van der Waals surface area contributed by atoms with E-state index >= 15 is 0 Å². The zero-order valence-electron chi connectivity index (χ0n) is 17.0. The summed E-state index contributed by atoms with van der Waals surface area (Å²) in [5.41, 5.74) is 8.45. The summed E-state index contributed by atoms with van der Waals surface area (Å²) in [7, 11) is 0. The molecule has 0 spiro atoms. The molecular formula is C29H22N2. The zero-order valence-corrected chi connectivity index (χ0v) is 17.0. The van der Waals surface area contributed by atoms with E-state index < -0.39 is 0 Å². The first-order chi connectivity index (χ1) is 15.3. The molecule has 0 saturated heterocycles. The van der Waals surface area contributed by atoms with Gasteiger partial charge in [-0.05, 0) is 51.7 Å². The lowest BCUT2D eigenvalue weighted by molar-refractivity contribution is 0.907. The lowest BCUT2D eigenvalue weighted by Gasteiger charge is -2.16. The van der Waals surface area contributed by atoms with Crippen LogP contribution < -0.4 is 0 Å². The molecule has 0 aliphatic heterocycles. The molecule has 31 heavy (non-hydrogen) atoms. The van der Waals surface area contributed by atoms with Gasteiger partial charge in [-0.1, -0.05) is 91.0 Å². The minimum absolute atomic E-state index is 0.102. The smallest absolute Gasteiger partial charge is 0.0642 e. The Morgan fingerprint density at radius 3 is 1.48 bits per heavy atom. The van der Waals surface area contributed by atoms with Gasteiger partial charge in [0.05, 0.1) is 5.92 Å². The maximum absolute atomic E-state index is 3.66. The second kappa shape index (κ2) is 7.33. The van der Waals surface area contributed by atoms with Crippen molar-refractivity contribution in [1.29, 1.82) is 0 Å². The van der Waals surface area contributed by atoms with Crippen molar-refractivity contribution in [3.05, 3.63) is 132 Å². The van der Waals surface area contributed by atoms with Gasteiger partial charge in [-0.15, -0.1) is 0 Å². The van der Waals surface area contributed by atoms with Crippen LogP contribution in [0.4, 0.5) is 0 Å². The predicted molar refractivity (Wildman–Crippen MR) is 129 cm³/mol. The molecule has 0 saturated carbocycles. The van der Waals surface area contributed by atoms with E-state index in [0.717, 1.165) is 0 Å². The first-order valence-corrected chi connectivity index (χ1v) is 10.7. The predicted octanol–water partition coefficient (Wildman–Crippen LogP) is 7.50. The van der Waals surface area contributed by atoms with Crippen LogP contribution in [0.5, 0.6) is 0 Å². The molecule has 2 aromatic heterocycles. The fraction of sp³-hybridized carbons (Fsp3) is 0.0345. The molecule has 2 N–H and O–H groups in total. The van der Waals surface area contributed by atoms with Crippen molar-refractivity contribution in [2.24, 2.45) is 0 Å². The number of para-hydroxylation sites is 2. The Hall–Kier alpha value is -4.04. The quantitative estimate of drug-likeness (QED) is 0.308. The molecule has 6 rings (SSSR count). The average Bonchev–Trinajstić information content (AvgIpc) is 3.44. The largest absolute Gasteiger partial charge is 0.358 e. The highest BCUT2D eigenvalue weighted by Crippen LogP contribution is 2.35. The highest BCUT2D eigenvalue weighted by molar-refractivity contribution is 5.83. The molecule has 0 atom stereocenters. The third kappa shape index (κ3) is 3.23. The lowest BCUT2D eigenvalue weighted by Crippen LogP contribution is -2.04. The Morgan fingerprint density at radius 2 is 0.935 bits per heavy atom. The van der Waals surface area contributed by atoms with Gasteiger partial charge >= 0.3 is 0 Å². The van der Waals surface area contributed by atoms with E-state index in [1.807, 2.05) is 0 Å². The van der Waals surface area contributed by atoms with Crippen LogP contribution in [0.25, 0.3) is 32.9 Å². The summed E-state index contributed by atoms with van der Waals surface area (Å²) >= 11 is 0. The molecule has 0 unspecified atom stereocenters. The number of nitrogens with one attached hydrogen (secondary N) is 2. The van der Waals surface area contributed by atoms with E-state index in [2.05, 4.69) is 125 Å². The van der Waals surface area contributed by atoms with E-state index in [1.165, 1.54) is 49.9 Å². The summed E-state index contributed by atoms with van der Waals surface area (Å²) in [6, 6.07) is 41.0. The van der Waals surface area contributed by atoms with Gasteiger partial charge in [-0.3, -0.25) is 0 Å². The second-order valence-electron chi connectivity index (χ2n) is 8.04. The average molecular weight is 399 g/mol. The Bertz CT molecular complexity index is 1330. The van der Waals surface area contributed by atoms with Crippen LogP contribution >= 0.6 is 0 Å². The molecule has 2 nitrogen and oxygen atoms in total. The monoisotopic (exact) mass is 398 g/mol. The van der Waals surface area contributed by atoms with Crippen molar-refractivity contribution in [3.8, 4) is 11.1 Å². The van der Waals surface area contributed by atoms with Crippen LogP contribution in [0.2, 0.25) is 0 Å². The number of H-pyrrole nitrogens is 2. The maximum Gasteiger partial charge on any atom is 0.0642 e. The van der Waals surface area contributed by atoms with E-state index in [-0.39, 0.29) is 5.92 Å². The molecule has 0 amide bonds. The first kappa shape index (κ1) is 17.8. The minimum atomic E-state index is 0.102. The third-order valence-corrected chi connectivity index (χ3v) is 6.07. The molecule has 2 heterocycles. The summed E-state index contributed by atoms with van der Waals surface area (Å²) in [6.07, 6.45) is 0. The van der Waals surface area contributed by atoms with Gasteiger partial charge in [0.2, 0.25) is 0 Å². The number of aromatic amines is 2. The van der Waals surface area contributed by atoms with Gasteiger partial charge in [0, 0.05) is 22.4 Å².